The molecule has 3 atom stereocenters. The second kappa shape index (κ2) is 9.04. The number of hydrogen-bond acceptors (Lipinski definition) is 6. The molecular formula is C25H28N6O. The molecule has 1 aromatic carbocycles. The third kappa shape index (κ3) is 4.78. The van der Waals surface area contributed by atoms with E-state index in [2.05, 4.69) is 42.8 Å². The van der Waals surface area contributed by atoms with Crippen molar-refractivity contribution in [1.29, 1.82) is 0 Å². The van der Waals surface area contributed by atoms with E-state index in [1.165, 1.54) is 19.8 Å². The molecule has 5 rings (SSSR count). The lowest BCUT2D eigenvalue weighted by Gasteiger charge is -2.19. The number of nitrogens with zero attached hydrogens (tertiary/aromatic N) is 4. The van der Waals surface area contributed by atoms with Gasteiger partial charge in [-0.2, -0.15) is 0 Å². The molecule has 0 radical (unpaired) electrons. The van der Waals surface area contributed by atoms with Gasteiger partial charge in [-0.25, -0.2) is 0 Å². The topological polar surface area (TPSA) is 83.0 Å². The van der Waals surface area contributed by atoms with Crippen LogP contribution in [0.3, 0.4) is 0 Å². The van der Waals surface area contributed by atoms with E-state index in [0.717, 1.165) is 59.9 Å². The number of aromatic nitrogens is 3. The number of fused-ring (bicyclic) bond motifs is 1. The first kappa shape index (κ1) is 20.6. The van der Waals surface area contributed by atoms with Gasteiger partial charge in [0.15, 0.2) is 0 Å². The molecule has 0 bridgehead atoms. The van der Waals surface area contributed by atoms with Crippen LogP contribution in [0.5, 0.6) is 0 Å². The van der Waals surface area contributed by atoms with Crippen LogP contribution >= 0.6 is 0 Å². The molecule has 164 valence electrons. The monoisotopic (exact) mass is 428 g/mol. The van der Waals surface area contributed by atoms with Gasteiger partial charge in [0.2, 0.25) is 5.91 Å². The van der Waals surface area contributed by atoms with Crippen LogP contribution in [0.25, 0.3) is 11.3 Å². The first-order valence-corrected chi connectivity index (χ1v) is 11.2. The van der Waals surface area contributed by atoms with E-state index in [0.29, 0.717) is 6.04 Å². The molecule has 1 aliphatic carbocycles. The lowest BCUT2D eigenvalue weighted by Crippen LogP contribution is -2.25. The second-order valence-corrected chi connectivity index (χ2v) is 8.91. The molecule has 1 saturated heterocycles. The number of anilines is 2. The predicted molar refractivity (Wildman–Crippen MR) is 125 cm³/mol. The number of nitrogens with one attached hydrogen (secondary N) is 2. The van der Waals surface area contributed by atoms with Crippen molar-refractivity contribution in [2.24, 2.45) is 11.8 Å². The highest BCUT2D eigenvalue weighted by atomic mass is 16.1. The van der Waals surface area contributed by atoms with Gasteiger partial charge in [-0.15, -0.1) is 10.2 Å². The zero-order chi connectivity index (χ0) is 21.9. The Morgan fingerprint density at radius 3 is 2.41 bits per heavy atom. The average Bonchev–Trinajstić information content (AvgIpc) is 3.33. The van der Waals surface area contributed by atoms with Crippen LogP contribution in [0.1, 0.15) is 25.5 Å². The van der Waals surface area contributed by atoms with Crippen molar-refractivity contribution < 1.29 is 4.79 Å². The Kier molecular flexibility index (Phi) is 5.81. The van der Waals surface area contributed by atoms with Crippen molar-refractivity contribution in [3.05, 3.63) is 66.5 Å². The van der Waals surface area contributed by atoms with Crippen molar-refractivity contribution in [3.8, 4) is 11.3 Å². The molecule has 7 heteroatoms. The van der Waals surface area contributed by atoms with Crippen molar-refractivity contribution >= 4 is 17.4 Å². The van der Waals surface area contributed by atoms with Gasteiger partial charge in [0.25, 0.3) is 0 Å². The van der Waals surface area contributed by atoms with Crippen LogP contribution in [-0.4, -0.2) is 45.1 Å². The average molecular weight is 429 g/mol. The fourth-order valence-corrected chi connectivity index (χ4v) is 5.06. The van der Waals surface area contributed by atoms with E-state index < -0.39 is 0 Å². The van der Waals surface area contributed by atoms with Crippen LogP contribution in [0.15, 0.2) is 60.8 Å². The zero-order valence-corrected chi connectivity index (χ0v) is 18.2. The number of hydrogen-bond donors (Lipinski definition) is 2. The van der Waals surface area contributed by atoms with Crippen LogP contribution in [0.4, 0.5) is 11.5 Å². The highest BCUT2D eigenvalue weighted by molar-refractivity contribution is 5.88. The summed E-state index contributed by atoms with van der Waals surface area (Å²) in [6.45, 7) is 4.75. The van der Waals surface area contributed by atoms with E-state index in [1.54, 1.807) is 0 Å². The molecule has 2 N–H and O–H groups in total. The quantitative estimate of drug-likeness (QED) is 0.621. The highest BCUT2D eigenvalue weighted by Gasteiger charge is 2.40. The van der Waals surface area contributed by atoms with E-state index in [1.807, 2.05) is 48.7 Å². The van der Waals surface area contributed by atoms with Gasteiger partial charge < -0.3 is 10.6 Å². The lowest BCUT2D eigenvalue weighted by atomic mass is 10.0. The van der Waals surface area contributed by atoms with E-state index in [9.17, 15) is 4.79 Å². The lowest BCUT2D eigenvalue weighted by molar-refractivity contribution is -0.114. The third-order valence-corrected chi connectivity index (χ3v) is 6.46. The molecule has 0 spiro atoms. The van der Waals surface area contributed by atoms with Gasteiger partial charge in [0.1, 0.15) is 5.82 Å². The van der Waals surface area contributed by atoms with Gasteiger partial charge in [-0.3, -0.25) is 14.7 Å². The maximum Gasteiger partial charge on any atom is 0.221 e. The molecule has 7 nitrogen and oxygen atoms in total. The Hall–Kier alpha value is -3.32. The Morgan fingerprint density at radius 2 is 1.78 bits per heavy atom. The summed E-state index contributed by atoms with van der Waals surface area (Å²) in [5.74, 6) is 2.24. The molecule has 3 aromatic rings. The molecule has 3 heterocycles. The van der Waals surface area contributed by atoms with Gasteiger partial charge >= 0.3 is 0 Å². The molecule has 32 heavy (non-hydrogen) atoms. The summed E-state index contributed by atoms with van der Waals surface area (Å²) in [6, 6.07) is 18.2. The number of amides is 1. The predicted octanol–water partition coefficient (Wildman–Crippen LogP) is 3.82. The van der Waals surface area contributed by atoms with Gasteiger partial charge in [0, 0.05) is 50.0 Å². The minimum absolute atomic E-state index is 0.0788. The number of benzene rings is 1. The van der Waals surface area contributed by atoms with E-state index in [4.69, 9.17) is 0 Å². The zero-order valence-electron chi connectivity index (χ0n) is 18.2. The van der Waals surface area contributed by atoms with E-state index >= 15 is 0 Å². The van der Waals surface area contributed by atoms with Gasteiger partial charge in [-0.1, -0.05) is 18.2 Å². The van der Waals surface area contributed by atoms with Crippen molar-refractivity contribution in [1.82, 2.24) is 20.1 Å². The smallest absolute Gasteiger partial charge is 0.221 e. The maximum absolute atomic E-state index is 11.2. The number of likely N-dealkylation sites (tertiary alicyclic amines) is 1. The Bertz CT molecular complexity index is 1040. The van der Waals surface area contributed by atoms with Crippen molar-refractivity contribution in [3.63, 3.8) is 0 Å². The van der Waals surface area contributed by atoms with Crippen LogP contribution in [0, 0.1) is 11.8 Å². The second-order valence-electron chi connectivity index (χ2n) is 8.91. The number of rotatable bonds is 6. The fourth-order valence-electron chi connectivity index (χ4n) is 5.06. The standard InChI is InChI=1S/C25H28N6O/c1-17(32)27-21-7-5-18(6-8-21)24-9-10-25(30-29-24)28-23-12-19-14-31(15-20(19)13-23)16-22-4-2-3-11-26-22/h2-11,19-20,23H,12-16H2,1H3,(H,27,32)(H,28,30)/t19-,20?,23?/m1/s1. The van der Waals surface area contributed by atoms with Gasteiger partial charge in [0.05, 0.1) is 11.4 Å². The van der Waals surface area contributed by atoms with Gasteiger partial charge in [-0.05, 0) is 61.1 Å². The largest absolute Gasteiger partial charge is 0.366 e. The Balaban J connectivity index is 1.13. The number of carbonyl (C=O) groups is 1. The SMILES string of the molecule is CC(=O)Nc1ccc(-c2ccc(NC3CC4CN(Cc5ccccn5)C[C@H]4C3)nn2)cc1. The molecule has 2 aliphatic rings. The normalized spacial score (nSPS) is 22.5. The summed E-state index contributed by atoms with van der Waals surface area (Å²) >= 11 is 0. The highest BCUT2D eigenvalue weighted by Crippen LogP contribution is 2.39. The number of carbonyl (C=O) groups excluding carboxylic acids is 1. The summed E-state index contributed by atoms with van der Waals surface area (Å²) < 4.78 is 0. The van der Waals surface area contributed by atoms with Crippen LogP contribution in [-0.2, 0) is 11.3 Å². The minimum Gasteiger partial charge on any atom is -0.366 e. The van der Waals surface area contributed by atoms with Crippen LogP contribution < -0.4 is 10.6 Å². The molecular weight excluding hydrogens is 400 g/mol. The minimum atomic E-state index is -0.0788. The molecule has 1 aliphatic heterocycles. The first-order chi connectivity index (χ1) is 15.6. The summed E-state index contributed by atoms with van der Waals surface area (Å²) in [5.41, 5.74) is 3.72. The Labute approximate surface area is 188 Å². The molecule has 1 amide bonds. The first-order valence-electron chi connectivity index (χ1n) is 11.2. The molecule has 1 saturated carbocycles. The summed E-state index contributed by atoms with van der Waals surface area (Å²) in [5, 5.41) is 15.2. The molecule has 2 unspecified atom stereocenters. The Morgan fingerprint density at radius 1 is 1.00 bits per heavy atom. The summed E-state index contributed by atoms with van der Waals surface area (Å²) in [6.07, 6.45) is 4.23. The summed E-state index contributed by atoms with van der Waals surface area (Å²) in [4.78, 5) is 18.2. The molecule has 2 aromatic heterocycles. The fraction of sp³-hybridized carbons (Fsp3) is 0.360. The molecule has 2 fully saturated rings. The number of pyridine rings is 1. The van der Waals surface area contributed by atoms with E-state index in [-0.39, 0.29) is 5.91 Å². The van der Waals surface area contributed by atoms with Crippen molar-refractivity contribution in [2.75, 3.05) is 23.7 Å². The van der Waals surface area contributed by atoms with Crippen LogP contribution in [0.2, 0.25) is 0 Å². The third-order valence-electron chi connectivity index (χ3n) is 6.46. The summed E-state index contributed by atoms with van der Waals surface area (Å²) in [7, 11) is 0. The van der Waals surface area contributed by atoms with Crippen molar-refractivity contribution in [2.45, 2.75) is 32.4 Å². The maximum atomic E-state index is 11.2.